The largest absolute Gasteiger partial charge is 0.466 e. The minimum Gasteiger partial charge on any atom is -0.466 e. The molecule has 1 atom stereocenters. The topological polar surface area (TPSA) is 70.7 Å². The van der Waals surface area contributed by atoms with Crippen molar-refractivity contribution in [1.29, 1.82) is 0 Å². The van der Waals surface area contributed by atoms with Gasteiger partial charge in [0.05, 0.1) is 13.0 Å². The maximum Gasteiger partial charge on any atom is 0.308 e. The number of unbranched alkanes of at least 4 members (excludes halogenated alkanes) is 7. The van der Waals surface area contributed by atoms with Crippen molar-refractivity contribution in [2.45, 2.75) is 70.8 Å². The first-order chi connectivity index (χ1) is 14.6. The number of hydrogen-bond donors (Lipinski definition) is 2. The van der Waals surface area contributed by atoms with Crippen molar-refractivity contribution < 1.29 is 14.3 Å². The fourth-order valence-electron chi connectivity index (χ4n) is 3.52. The van der Waals surface area contributed by atoms with Crippen LogP contribution in [0.3, 0.4) is 0 Å². The lowest BCUT2D eigenvalue weighted by molar-refractivity contribution is -0.147. The van der Waals surface area contributed by atoms with Crippen molar-refractivity contribution >= 4 is 34.9 Å². The minimum absolute atomic E-state index is 0.000535. The number of anilines is 1. The van der Waals surface area contributed by atoms with Crippen LogP contribution in [0.5, 0.6) is 0 Å². The molecule has 2 N–H and O–H groups in total. The summed E-state index contributed by atoms with van der Waals surface area (Å²) in [5.74, 6) is -0.546. The predicted octanol–water partition coefficient (Wildman–Crippen LogP) is 4.26. The summed E-state index contributed by atoms with van der Waals surface area (Å²) < 4.78 is 5.38. The highest BCUT2D eigenvalue weighted by molar-refractivity contribution is 7.80. The molecule has 1 aromatic rings. The second kappa shape index (κ2) is 14.0. The molecule has 1 aliphatic rings. The summed E-state index contributed by atoms with van der Waals surface area (Å²) in [5.41, 5.74) is 0.851. The van der Waals surface area contributed by atoms with Gasteiger partial charge in [0.1, 0.15) is 6.04 Å². The molecule has 1 fully saturated rings. The summed E-state index contributed by atoms with van der Waals surface area (Å²) in [4.78, 5) is 26.4. The number of carbonyl (C=O) groups is 2. The Morgan fingerprint density at radius 2 is 1.80 bits per heavy atom. The third-order valence-electron chi connectivity index (χ3n) is 5.24. The Bertz CT molecular complexity index is 669. The highest BCUT2D eigenvalue weighted by Crippen LogP contribution is 2.14. The molecule has 7 heteroatoms. The molecular formula is C23H35N3O3S. The van der Waals surface area contributed by atoms with Crippen LogP contribution < -0.4 is 10.6 Å². The van der Waals surface area contributed by atoms with E-state index in [1.165, 1.54) is 38.5 Å². The van der Waals surface area contributed by atoms with E-state index in [0.29, 0.717) is 24.8 Å². The molecule has 1 aromatic carbocycles. The van der Waals surface area contributed by atoms with Gasteiger partial charge in [-0.25, -0.2) is 0 Å². The fraction of sp³-hybridized carbons (Fsp3) is 0.609. The number of piperazine rings is 1. The van der Waals surface area contributed by atoms with E-state index in [1.54, 1.807) is 4.90 Å². The van der Waals surface area contributed by atoms with E-state index < -0.39 is 6.04 Å². The van der Waals surface area contributed by atoms with Gasteiger partial charge in [0.2, 0.25) is 5.91 Å². The molecule has 1 amide bonds. The van der Waals surface area contributed by atoms with Crippen LogP contribution in [0.25, 0.3) is 0 Å². The first-order valence-electron chi connectivity index (χ1n) is 11.2. The van der Waals surface area contributed by atoms with Crippen LogP contribution in [0.15, 0.2) is 30.3 Å². The summed E-state index contributed by atoms with van der Waals surface area (Å²) in [7, 11) is 0. The van der Waals surface area contributed by atoms with E-state index in [4.69, 9.17) is 17.0 Å². The lowest BCUT2D eigenvalue weighted by atomic mass is 10.1. The van der Waals surface area contributed by atoms with Gasteiger partial charge in [0, 0.05) is 18.8 Å². The molecule has 1 saturated heterocycles. The van der Waals surface area contributed by atoms with E-state index >= 15 is 0 Å². The van der Waals surface area contributed by atoms with E-state index in [2.05, 4.69) is 17.6 Å². The van der Waals surface area contributed by atoms with Gasteiger partial charge in [-0.2, -0.15) is 0 Å². The zero-order chi connectivity index (χ0) is 21.6. The van der Waals surface area contributed by atoms with Gasteiger partial charge in [-0.3, -0.25) is 9.59 Å². The second-order valence-corrected chi connectivity index (χ2v) is 8.08. The summed E-state index contributed by atoms with van der Waals surface area (Å²) >= 11 is 5.49. The van der Waals surface area contributed by atoms with Crippen LogP contribution in [-0.2, 0) is 14.3 Å². The Hall–Kier alpha value is -2.15. The quantitative estimate of drug-likeness (QED) is 0.292. The predicted molar refractivity (Wildman–Crippen MR) is 124 cm³/mol. The first-order valence-corrected chi connectivity index (χ1v) is 11.6. The maximum atomic E-state index is 12.4. The molecule has 1 unspecified atom stereocenters. The van der Waals surface area contributed by atoms with Crippen LogP contribution in [0.4, 0.5) is 5.69 Å². The number of carbonyl (C=O) groups excluding carboxylic acids is 2. The van der Waals surface area contributed by atoms with E-state index in [1.807, 2.05) is 30.3 Å². The summed E-state index contributed by atoms with van der Waals surface area (Å²) in [6.07, 6.45) is 9.54. The Labute approximate surface area is 185 Å². The van der Waals surface area contributed by atoms with Crippen molar-refractivity contribution in [2.24, 2.45) is 0 Å². The molecule has 0 radical (unpaired) electrons. The van der Waals surface area contributed by atoms with Crippen molar-refractivity contribution in [3.8, 4) is 0 Å². The van der Waals surface area contributed by atoms with Gasteiger partial charge >= 0.3 is 5.97 Å². The smallest absolute Gasteiger partial charge is 0.308 e. The molecule has 0 saturated carbocycles. The Kier molecular flexibility index (Phi) is 11.2. The molecule has 0 spiro atoms. The van der Waals surface area contributed by atoms with Gasteiger partial charge in [-0.15, -0.1) is 0 Å². The average molecular weight is 434 g/mol. The molecule has 1 heterocycles. The number of esters is 1. The van der Waals surface area contributed by atoms with Gasteiger partial charge in [-0.05, 0) is 30.8 Å². The molecule has 0 bridgehead atoms. The number of benzene rings is 1. The van der Waals surface area contributed by atoms with Crippen LogP contribution in [0, 0.1) is 0 Å². The van der Waals surface area contributed by atoms with Crippen molar-refractivity contribution in [3.05, 3.63) is 30.3 Å². The summed E-state index contributed by atoms with van der Waals surface area (Å²) in [6.45, 7) is 3.69. The molecule has 0 aliphatic carbocycles. The normalized spacial score (nSPS) is 16.1. The third-order valence-corrected chi connectivity index (χ3v) is 5.57. The minimum atomic E-state index is -0.645. The summed E-state index contributed by atoms with van der Waals surface area (Å²) in [6, 6.07) is 8.91. The third kappa shape index (κ3) is 8.69. The SMILES string of the molecule is CCCCCCCCCCOC(=O)CC1C(=O)NCCN1C(=S)Nc1ccccc1. The first kappa shape index (κ1) is 24.1. The Balaban J connectivity index is 1.71. The molecule has 30 heavy (non-hydrogen) atoms. The number of nitrogens with zero attached hydrogens (tertiary/aromatic N) is 1. The van der Waals surface area contributed by atoms with Crippen molar-refractivity contribution in [3.63, 3.8) is 0 Å². The molecule has 6 nitrogen and oxygen atoms in total. The zero-order valence-electron chi connectivity index (χ0n) is 18.0. The molecule has 1 aliphatic heterocycles. The van der Waals surface area contributed by atoms with Gasteiger partial charge in [0.15, 0.2) is 5.11 Å². The lowest BCUT2D eigenvalue weighted by Gasteiger charge is -2.36. The number of para-hydroxylation sites is 1. The van der Waals surface area contributed by atoms with Crippen molar-refractivity contribution in [1.82, 2.24) is 10.2 Å². The highest BCUT2D eigenvalue weighted by Gasteiger charge is 2.33. The van der Waals surface area contributed by atoms with Crippen LogP contribution >= 0.6 is 12.2 Å². The number of nitrogens with one attached hydrogen (secondary N) is 2. The van der Waals surface area contributed by atoms with Gasteiger partial charge in [-0.1, -0.05) is 70.1 Å². The van der Waals surface area contributed by atoms with Gasteiger partial charge < -0.3 is 20.3 Å². The van der Waals surface area contributed by atoms with E-state index in [-0.39, 0.29) is 18.3 Å². The molecular weight excluding hydrogens is 398 g/mol. The van der Waals surface area contributed by atoms with Gasteiger partial charge in [0.25, 0.3) is 0 Å². The molecule has 166 valence electrons. The Morgan fingerprint density at radius 3 is 2.50 bits per heavy atom. The average Bonchev–Trinajstić information content (AvgIpc) is 2.74. The Morgan fingerprint density at radius 1 is 1.13 bits per heavy atom. The fourth-order valence-corrected chi connectivity index (χ4v) is 3.85. The molecule has 0 aromatic heterocycles. The zero-order valence-corrected chi connectivity index (χ0v) is 18.8. The van der Waals surface area contributed by atoms with Crippen LogP contribution in [0.1, 0.15) is 64.7 Å². The monoisotopic (exact) mass is 433 g/mol. The number of thiocarbonyl (C=S) groups is 1. The van der Waals surface area contributed by atoms with Crippen LogP contribution in [-0.4, -0.2) is 47.6 Å². The standard InChI is InChI=1S/C23H35N3O3S/c1-2-3-4-5-6-7-8-12-17-29-21(27)18-20-22(28)24-15-16-26(20)23(30)25-19-13-10-9-11-14-19/h9-11,13-14,20H,2-8,12,15-18H2,1H3,(H,24,28)(H,25,30). The van der Waals surface area contributed by atoms with E-state index in [9.17, 15) is 9.59 Å². The molecule has 2 rings (SSSR count). The van der Waals surface area contributed by atoms with E-state index in [0.717, 1.165) is 18.5 Å². The summed E-state index contributed by atoms with van der Waals surface area (Å²) in [5, 5.41) is 6.40. The van der Waals surface area contributed by atoms with Crippen molar-refractivity contribution in [2.75, 3.05) is 25.0 Å². The van der Waals surface area contributed by atoms with Crippen LogP contribution in [0.2, 0.25) is 0 Å². The maximum absolute atomic E-state index is 12.4. The lowest BCUT2D eigenvalue weighted by Crippen LogP contribution is -2.58. The number of ether oxygens (including phenoxy) is 1. The number of amides is 1. The highest BCUT2D eigenvalue weighted by atomic mass is 32.1. The number of rotatable bonds is 12. The number of hydrogen-bond acceptors (Lipinski definition) is 4. The second-order valence-electron chi connectivity index (χ2n) is 7.70.